The summed E-state index contributed by atoms with van der Waals surface area (Å²) in [5.74, 6) is -1.46. The topological polar surface area (TPSA) is 93.7 Å². The van der Waals surface area contributed by atoms with E-state index in [2.05, 4.69) is 10.6 Å². The van der Waals surface area contributed by atoms with Gasteiger partial charge in [0, 0.05) is 12.1 Å². The number of benzene rings is 2. The summed E-state index contributed by atoms with van der Waals surface area (Å²) in [7, 11) is 1.49. The van der Waals surface area contributed by atoms with E-state index in [-0.39, 0.29) is 12.4 Å². The Morgan fingerprint density at radius 2 is 1.79 bits per heavy atom. The first-order chi connectivity index (χ1) is 13.9. The molecule has 0 saturated heterocycles. The number of carbonyl (C=O) groups excluding carboxylic acids is 3. The Kier molecular flexibility index (Phi) is 8.14. The number of methoxy groups -OCH3 is 1. The lowest BCUT2D eigenvalue weighted by Gasteiger charge is -2.14. The maximum Gasteiger partial charge on any atom is 0.326 e. The summed E-state index contributed by atoms with van der Waals surface area (Å²) in [5.41, 5.74) is 1.21. The molecule has 0 saturated carbocycles. The number of amides is 2. The maximum atomic E-state index is 12.9. The fourth-order valence-corrected chi connectivity index (χ4v) is 2.44. The van der Waals surface area contributed by atoms with Gasteiger partial charge < -0.3 is 20.1 Å². The van der Waals surface area contributed by atoms with Crippen molar-refractivity contribution in [1.82, 2.24) is 10.6 Å². The monoisotopic (exact) mass is 402 g/mol. The van der Waals surface area contributed by atoms with E-state index in [9.17, 15) is 18.8 Å². The van der Waals surface area contributed by atoms with Crippen LogP contribution in [0.4, 0.5) is 4.39 Å². The van der Waals surface area contributed by atoms with Crippen molar-refractivity contribution in [1.29, 1.82) is 0 Å². The van der Waals surface area contributed by atoms with Gasteiger partial charge in [0.1, 0.15) is 18.1 Å². The van der Waals surface area contributed by atoms with Crippen LogP contribution in [-0.2, 0) is 20.7 Å². The van der Waals surface area contributed by atoms with Gasteiger partial charge in [-0.2, -0.15) is 0 Å². The molecule has 2 rings (SSSR count). The lowest BCUT2D eigenvalue weighted by molar-refractivity contribution is -0.153. The third-order valence-electron chi connectivity index (χ3n) is 4.03. The van der Waals surface area contributed by atoms with Gasteiger partial charge in [-0.1, -0.05) is 18.2 Å². The van der Waals surface area contributed by atoms with Crippen LogP contribution in [-0.4, -0.2) is 44.1 Å². The molecular weight excluding hydrogens is 379 g/mol. The second-order valence-corrected chi connectivity index (χ2v) is 6.21. The molecule has 0 aromatic heterocycles. The van der Waals surface area contributed by atoms with E-state index < -0.39 is 23.9 Å². The molecule has 29 heavy (non-hydrogen) atoms. The van der Waals surface area contributed by atoms with E-state index in [1.54, 1.807) is 30.3 Å². The Morgan fingerprint density at radius 1 is 1.07 bits per heavy atom. The molecule has 2 N–H and O–H groups in total. The molecule has 0 aliphatic carbocycles. The Bertz CT molecular complexity index is 854. The van der Waals surface area contributed by atoms with Gasteiger partial charge in [-0.05, 0) is 49.2 Å². The second-order valence-electron chi connectivity index (χ2n) is 6.21. The predicted molar refractivity (Wildman–Crippen MR) is 104 cm³/mol. The van der Waals surface area contributed by atoms with Crippen molar-refractivity contribution >= 4 is 17.8 Å². The molecule has 2 aromatic rings. The summed E-state index contributed by atoms with van der Waals surface area (Å²) in [6.07, 6.45) is -0.493. The lowest BCUT2D eigenvalue weighted by Crippen LogP contribution is -2.39. The van der Waals surface area contributed by atoms with Crippen LogP contribution in [0.1, 0.15) is 22.8 Å². The highest BCUT2D eigenvalue weighted by atomic mass is 19.1. The molecule has 0 radical (unpaired) electrons. The number of esters is 1. The highest BCUT2D eigenvalue weighted by molar-refractivity contribution is 5.96. The fourth-order valence-electron chi connectivity index (χ4n) is 2.44. The summed E-state index contributed by atoms with van der Waals surface area (Å²) < 4.78 is 22.9. The fraction of sp³-hybridized carbons (Fsp3) is 0.286. The molecule has 0 spiro atoms. The minimum Gasteiger partial charge on any atom is -0.497 e. The lowest BCUT2D eigenvalue weighted by atomic mass is 10.1. The van der Waals surface area contributed by atoms with E-state index in [1.165, 1.54) is 32.2 Å². The quantitative estimate of drug-likeness (QED) is 0.625. The summed E-state index contributed by atoms with van der Waals surface area (Å²) >= 11 is 0. The third kappa shape index (κ3) is 7.25. The van der Waals surface area contributed by atoms with Crippen molar-refractivity contribution < 1.29 is 28.2 Å². The van der Waals surface area contributed by atoms with Crippen LogP contribution in [0.3, 0.4) is 0 Å². The van der Waals surface area contributed by atoms with Crippen molar-refractivity contribution in [2.75, 3.05) is 20.2 Å². The van der Waals surface area contributed by atoms with Gasteiger partial charge >= 0.3 is 5.97 Å². The third-order valence-corrected chi connectivity index (χ3v) is 4.03. The second kappa shape index (κ2) is 10.8. The highest BCUT2D eigenvalue weighted by Crippen LogP contribution is 2.12. The van der Waals surface area contributed by atoms with Gasteiger partial charge in [-0.3, -0.25) is 14.4 Å². The van der Waals surface area contributed by atoms with Crippen LogP contribution >= 0.6 is 0 Å². The number of hydrogen-bond acceptors (Lipinski definition) is 5. The molecule has 7 nitrogen and oxygen atoms in total. The van der Waals surface area contributed by atoms with E-state index in [1.807, 2.05) is 0 Å². The van der Waals surface area contributed by atoms with Crippen molar-refractivity contribution in [3.8, 4) is 5.75 Å². The van der Waals surface area contributed by atoms with Crippen LogP contribution in [0.5, 0.6) is 5.75 Å². The van der Waals surface area contributed by atoms with Gasteiger partial charge in [0.15, 0.2) is 6.10 Å². The number of carbonyl (C=O) groups is 3. The normalized spacial score (nSPS) is 11.3. The van der Waals surface area contributed by atoms with Crippen molar-refractivity contribution in [2.24, 2.45) is 0 Å². The zero-order valence-electron chi connectivity index (χ0n) is 16.2. The van der Waals surface area contributed by atoms with Crippen LogP contribution in [0.2, 0.25) is 0 Å². The van der Waals surface area contributed by atoms with Crippen molar-refractivity contribution in [3.05, 3.63) is 65.5 Å². The Hall–Kier alpha value is -3.42. The molecule has 2 aromatic carbocycles. The average Bonchev–Trinajstić information content (AvgIpc) is 2.73. The Morgan fingerprint density at radius 3 is 2.48 bits per heavy atom. The molecule has 0 heterocycles. The average molecular weight is 402 g/mol. The van der Waals surface area contributed by atoms with E-state index in [4.69, 9.17) is 9.47 Å². The van der Waals surface area contributed by atoms with Crippen molar-refractivity contribution in [3.63, 3.8) is 0 Å². The highest BCUT2D eigenvalue weighted by Gasteiger charge is 2.18. The van der Waals surface area contributed by atoms with Crippen LogP contribution < -0.4 is 15.4 Å². The molecule has 0 fully saturated rings. The number of rotatable bonds is 9. The van der Waals surface area contributed by atoms with E-state index in [0.29, 0.717) is 24.3 Å². The predicted octanol–water partition coefficient (Wildman–Crippen LogP) is 1.85. The molecular formula is C21H23FN2O5. The zero-order valence-corrected chi connectivity index (χ0v) is 16.2. The van der Waals surface area contributed by atoms with Crippen LogP contribution in [0.15, 0.2) is 48.5 Å². The van der Waals surface area contributed by atoms with Gasteiger partial charge in [-0.25, -0.2) is 4.39 Å². The summed E-state index contributed by atoms with van der Waals surface area (Å²) in [6, 6.07) is 12.4. The summed E-state index contributed by atoms with van der Waals surface area (Å²) in [6.45, 7) is 1.39. The number of hydrogen-bond donors (Lipinski definition) is 2. The minimum atomic E-state index is -1.01. The van der Waals surface area contributed by atoms with Crippen LogP contribution in [0, 0.1) is 5.82 Å². The molecule has 0 bridgehead atoms. The number of nitrogens with one attached hydrogen (secondary N) is 2. The number of halogens is 1. The van der Waals surface area contributed by atoms with E-state index in [0.717, 1.165) is 5.56 Å². The summed E-state index contributed by atoms with van der Waals surface area (Å²) in [5, 5.41) is 5.08. The first-order valence-electron chi connectivity index (χ1n) is 9.03. The Balaban J connectivity index is 1.71. The van der Waals surface area contributed by atoms with Gasteiger partial charge in [0.05, 0.1) is 7.11 Å². The molecule has 154 valence electrons. The minimum absolute atomic E-state index is 0.318. The van der Waals surface area contributed by atoms with Crippen LogP contribution in [0.25, 0.3) is 0 Å². The molecule has 0 aliphatic rings. The van der Waals surface area contributed by atoms with E-state index >= 15 is 0 Å². The molecule has 8 heteroatoms. The first-order valence-corrected chi connectivity index (χ1v) is 9.03. The smallest absolute Gasteiger partial charge is 0.326 e. The standard InChI is InChI=1S/C21H23FN2O5/c1-14(20(26)23-11-10-15-6-8-17(22)9-7-15)29-19(25)13-24-21(27)16-4-3-5-18(12-16)28-2/h3-9,12,14H,10-11,13H2,1-2H3,(H,23,26)(H,24,27)/t14-/m1/s1. The SMILES string of the molecule is COc1cccc(C(=O)NCC(=O)O[C@H](C)C(=O)NCCc2ccc(F)cc2)c1. The largest absolute Gasteiger partial charge is 0.497 e. The number of ether oxygens (including phenoxy) is 2. The van der Waals surface area contributed by atoms with Gasteiger partial charge in [-0.15, -0.1) is 0 Å². The zero-order chi connectivity index (χ0) is 21.2. The molecule has 0 aliphatic heterocycles. The molecule has 0 unspecified atom stereocenters. The Labute approximate surface area is 168 Å². The van der Waals surface area contributed by atoms with Gasteiger partial charge in [0.2, 0.25) is 0 Å². The van der Waals surface area contributed by atoms with Crippen molar-refractivity contribution in [2.45, 2.75) is 19.4 Å². The first kappa shape index (κ1) is 21.9. The summed E-state index contributed by atoms with van der Waals surface area (Å²) in [4.78, 5) is 35.9. The maximum absolute atomic E-state index is 12.9. The molecule has 2 amide bonds. The molecule has 1 atom stereocenters. The van der Waals surface area contributed by atoms with Gasteiger partial charge in [0.25, 0.3) is 11.8 Å².